The molecule has 4 rings (SSSR count). The van der Waals surface area contributed by atoms with E-state index in [0.717, 1.165) is 0 Å². The van der Waals surface area contributed by atoms with Crippen LogP contribution in [0.3, 0.4) is 0 Å². The van der Waals surface area contributed by atoms with E-state index in [9.17, 15) is 0 Å². The lowest BCUT2D eigenvalue weighted by Crippen LogP contribution is -2.44. The fourth-order valence-electron chi connectivity index (χ4n) is 3.91. The summed E-state index contributed by atoms with van der Waals surface area (Å²) in [6, 6.07) is 40.3. The predicted molar refractivity (Wildman–Crippen MR) is 143 cm³/mol. The van der Waals surface area contributed by atoms with Gasteiger partial charge in [-0.15, -0.1) is 0 Å². The lowest BCUT2D eigenvalue weighted by atomic mass is 10.1. The molecule has 0 nitrogen and oxygen atoms in total. The molecule has 4 aromatic rings. The number of rotatable bonds is 6. The molecule has 0 atom stereocenters. The fourth-order valence-corrected chi connectivity index (χ4v) is 8.11. The lowest BCUT2D eigenvalue weighted by molar-refractivity contribution is 1.02. The highest BCUT2D eigenvalue weighted by Crippen LogP contribution is 2.37. The van der Waals surface area contributed by atoms with Gasteiger partial charge in [-0.3, -0.25) is 0 Å². The summed E-state index contributed by atoms with van der Waals surface area (Å²) >= 11 is 0. The Morgan fingerprint density at radius 2 is 1.16 bits per heavy atom. The standard InChI is InChI=1S/C29H31PSi/c1-23(2)31(3,4)27-19-13-14-24(22-27)28-20-11-12-21-29(28)30(25-15-7-5-8-16-25)26-17-9-6-10-18-26/h5-23H,1-4H3. The van der Waals surface area contributed by atoms with Crippen LogP contribution in [-0.2, 0) is 0 Å². The van der Waals surface area contributed by atoms with E-state index in [1.165, 1.54) is 27.0 Å². The average molecular weight is 439 g/mol. The molecule has 0 fully saturated rings. The van der Waals surface area contributed by atoms with Crippen molar-refractivity contribution in [2.75, 3.05) is 0 Å². The van der Waals surface area contributed by atoms with E-state index in [4.69, 9.17) is 0 Å². The number of hydrogen-bond acceptors (Lipinski definition) is 0. The van der Waals surface area contributed by atoms with Crippen LogP contribution in [0, 0.1) is 0 Å². The molecule has 0 saturated heterocycles. The molecule has 0 aliphatic carbocycles. The number of hydrogen-bond donors (Lipinski definition) is 0. The molecule has 0 radical (unpaired) electrons. The minimum atomic E-state index is -1.49. The first-order chi connectivity index (χ1) is 15.0. The summed E-state index contributed by atoms with van der Waals surface area (Å²) in [4.78, 5) is 0. The van der Waals surface area contributed by atoms with Crippen LogP contribution < -0.4 is 21.1 Å². The molecular formula is C29H31PSi. The highest BCUT2D eigenvalue weighted by atomic mass is 31.1. The molecule has 0 amide bonds. The molecule has 0 aliphatic rings. The van der Waals surface area contributed by atoms with Crippen LogP contribution in [0.15, 0.2) is 109 Å². The molecule has 4 aromatic carbocycles. The molecule has 0 bridgehead atoms. The summed E-state index contributed by atoms with van der Waals surface area (Å²) in [7, 11) is -2.12. The Balaban J connectivity index is 1.89. The quantitative estimate of drug-likeness (QED) is 0.240. The van der Waals surface area contributed by atoms with Crippen molar-refractivity contribution >= 4 is 37.1 Å². The molecular weight excluding hydrogens is 407 g/mol. The van der Waals surface area contributed by atoms with E-state index in [0.29, 0.717) is 5.54 Å². The minimum absolute atomic E-state index is 0.629. The van der Waals surface area contributed by atoms with Crippen molar-refractivity contribution in [1.82, 2.24) is 0 Å². The monoisotopic (exact) mass is 438 g/mol. The van der Waals surface area contributed by atoms with Crippen molar-refractivity contribution in [1.29, 1.82) is 0 Å². The highest BCUT2D eigenvalue weighted by molar-refractivity contribution is 7.80. The van der Waals surface area contributed by atoms with Gasteiger partial charge in [-0.25, -0.2) is 0 Å². The average Bonchev–Trinajstić information content (AvgIpc) is 2.81. The molecule has 0 heterocycles. The first-order valence-corrected chi connectivity index (χ1v) is 15.5. The van der Waals surface area contributed by atoms with Crippen LogP contribution >= 0.6 is 7.92 Å². The van der Waals surface area contributed by atoms with Crippen molar-refractivity contribution in [2.45, 2.75) is 32.5 Å². The van der Waals surface area contributed by atoms with Crippen molar-refractivity contribution in [3.63, 3.8) is 0 Å². The second-order valence-corrected chi connectivity index (χ2v) is 16.3. The first-order valence-electron chi connectivity index (χ1n) is 11.1. The zero-order valence-electron chi connectivity index (χ0n) is 18.9. The Morgan fingerprint density at radius 3 is 1.74 bits per heavy atom. The summed E-state index contributed by atoms with van der Waals surface area (Å²) in [5.41, 5.74) is 3.41. The largest absolute Gasteiger partial charge is 0.0831 e. The molecule has 156 valence electrons. The molecule has 0 aliphatic heterocycles. The Morgan fingerprint density at radius 1 is 0.613 bits per heavy atom. The number of benzene rings is 4. The van der Waals surface area contributed by atoms with E-state index in [1.807, 2.05) is 0 Å². The van der Waals surface area contributed by atoms with Gasteiger partial charge in [-0.05, 0) is 40.5 Å². The molecule has 31 heavy (non-hydrogen) atoms. The van der Waals surface area contributed by atoms with Crippen molar-refractivity contribution in [2.24, 2.45) is 0 Å². The van der Waals surface area contributed by atoms with Gasteiger partial charge in [0.05, 0.1) is 8.07 Å². The van der Waals surface area contributed by atoms with E-state index in [-0.39, 0.29) is 0 Å². The molecule has 0 aromatic heterocycles. The van der Waals surface area contributed by atoms with Crippen LogP contribution in [0.4, 0.5) is 0 Å². The van der Waals surface area contributed by atoms with E-state index in [2.05, 4.69) is 136 Å². The molecule has 2 heteroatoms. The van der Waals surface area contributed by atoms with Gasteiger partial charge >= 0.3 is 0 Å². The van der Waals surface area contributed by atoms with E-state index >= 15 is 0 Å². The van der Waals surface area contributed by atoms with Gasteiger partial charge in [-0.1, -0.05) is 141 Å². The van der Waals surface area contributed by atoms with Crippen molar-refractivity contribution in [3.05, 3.63) is 109 Å². The maximum Gasteiger partial charge on any atom is 0.0831 e. The third kappa shape index (κ3) is 4.59. The van der Waals surface area contributed by atoms with Crippen molar-refractivity contribution < 1.29 is 0 Å². The van der Waals surface area contributed by atoms with Gasteiger partial charge in [-0.2, -0.15) is 0 Å². The second kappa shape index (κ2) is 9.35. The Labute approximate surface area is 189 Å². The van der Waals surface area contributed by atoms with Crippen LogP contribution in [0.25, 0.3) is 11.1 Å². The SMILES string of the molecule is CC(C)[Si](C)(C)c1cccc(-c2ccccc2P(c2ccccc2)c2ccccc2)c1. The molecule has 0 spiro atoms. The topological polar surface area (TPSA) is 0 Å². The van der Waals surface area contributed by atoms with Crippen LogP contribution in [0.5, 0.6) is 0 Å². The van der Waals surface area contributed by atoms with Gasteiger partial charge < -0.3 is 0 Å². The fraction of sp³-hybridized carbons (Fsp3) is 0.172. The summed E-state index contributed by atoms with van der Waals surface area (Å²) in [5, 5.41) is 5.75. The maximum absolute atomic E-state index is 2.49. The zero-order valence-corrected chi connectivity index (χ0v) is 20.8. The van der Waals surface area contributed by atoms with E-state index < -0.39 is 16.0 Å². The zero-order chi connectivity index (χ0) is 21.8. The first kappa shape index (κ1) is 21.7. The second-order valence-electron chi connectivity index (χ2n) is 8.98. The third-order valence-corrected chi connectivity index (χ3v) is 13.7. The van der Waals surface area contributed by atoms with Gasteiger partial charge in [0, 0.05) is 0 Å². The summed E-state index contributed by atoms with van der Waals surface area (Å²) in [5.74, 6) is 0. The lowest BCUT2D eigenvalue weighted by Gasteiger charge is -2.28. The minimum Gasteiger partial charge on any atom is -0.0652 e. The Bertz CT molecular complexity index is 1090. The molecule has 0 unspecified atom stereocenters. The van der Waals surface area contributed by atoms with E-state index in [1.54, 1.807) is 5.19 Å². The van der Waals surface area contributed by atoms with Gasteiger partial charge in [0.2, 0.25) is 0 Å². The van der Waals surface area contributed by atoms with Crippen LogP contribution in [0.2, 0.25) is 18.6 Å². The normalized spacial score (nSPS) is 11.8. The summed E-state index contributed by atoms with van der Waals surface area (Å²) in [6.07, 6.45) is 0. The Hall–Kier alpha value is -2.47. The predicted octanol–water partition coefficient (Wildman–Crippen LogP) is 6.44. The third-order valence-electron chi connectivity index (χ3n) is 6.53. The molecule has 0 N–H and O–H groups in total. The van der Waals surface area contributed by atoms with Gasteiger partial charge in [0.15, 0.2) is 0 Å². The van der Waals surface area contributed by atoms with Crippen LogP contribution in [0.1, 0.15) is 13.8 Å². The maximum atomic E-state index is 2.49. The highest BCUT2D eigenvalue weighted by Gasteiger charge is 2.28. The van der Waals surface area contributed by atoms with Gasteiger partial charge in [0.25, 0.3) is 0 Å². The summed E-state index contributed by atoms with van der Waals surface area (Å²) in [6.45, 7) is 9.72. The smallest absolute Gasteiger partial charge is 0.0652 e. The van der Waals surface area contributed by atoms with Crippen LogP contribution in [-0.4, -0.2) is 8.07 Å². The summed E-state index contributed by atoms with van der Waals surface area (Å²) < 4.78 is 0. The van der Waals surface area contributed by atoms with Crippen molar-refractivity contribution in [3.8, 4) is 11.1 Å². The Kier molecular flexibility index (Phi) is 6.56. The molecule has 0 saturated carbocycles. The van der Waals surface area contributed by atoms with Gasteiger partial charge in [0.1, 0.15) is 0 Å².